The number of aryl methyl sites for hydroxylation is 1. The summed E-state index contributed by atoms with van der Waals surface area (Å²) >= 11 is 0. The van der Waals surface area contributed by atoms with Crippen LogP contribution in [-0.4, -0.2) is 24.5 Å². The summed E-state index contributed by atoms with van der Waals surface area (Å²) in [4.78, 5) is 0. The molecular weight excluding hydrogens is 264 g/mol. The van der Waals surface area contributed by atoms with Gasteiger partial charge in [0, 0.05) is 26.0 Å². The third-order valence-electron chi connectivity index (χ3n) is 3.45. The van der Waals surface area contributed by atoms with Crippen LogP contribution in [0.15, 0.2) is 49.1 Å². The Morgan fingerprint density at radius 1 is 1.24 bits per heavy atom. The number of rotatable bonds is 5. The molecule has 21 heavy (non-hydrogen) atoms. The lowest BCUT2D eigenvalue weighted by Gasteiger charge is -2.13. The summed E-state index contributed by atoms with van der Waals surface area (Å²) in [5.74, 6) is 0.933. The summed E-state index contributed by atoms with van der Waals surface area (Å²) in [5, 5.41) is 15.7. The van der Waals surface area contributed by atoms with E-state index in [4.69, 9.17) is 0 Å². The summed E-state index contributed by atoms with van der Waals surface area (Å²) in [6.07, 6.45) is 5.42. The van der Waals surface area contributed by atoms with Gasteiger partial charge in [-0.15, -0.1) is 10.2 Å². The minimum Gasteiger partial charge on any atom is -0.319 e. The molecule has 3 aromatic rings. The van der Waals surface area contributed by atoms with Crippen molar-refractivity contribution in [3.63, 3.8) is 0 Å². The van der Waals surface area contributed by atoms with Crippen LogP contribution in [0.1, 0.15) is 24.4 Å². The zero-order valence-electron chi connectivity index (χ0n) is 12.1. The molecule has 0 radical (unpaired) electrons. The number of benzene rings is 1. The fraction of sp³-hybridized carbons (Fsp3) is 0.267. The normalized spacial score (nSPS) is 12.5. The molecule has 0 amide bonds. The predicted octanol–water partition coefficient (Wildman–Crippen LogP) is 1.85. The Morgan fingerprint density at radius 3 is 2.67 bits per heavy atom. The van der Waals surface area contributed by atoms with Crippen molar-refractivity contribution in [1.29, 1.82) is 0 Å². The number of hydrogen-bond acceptors (Lipinski definition) is 4. The van der Waals surface area contributed by atoms with Crippen molar-refractivity contribution < 1.29 is 0 Å². The van der Waals surface area contributed by atoms with Gasteiger partial charge in [-0.2, -0.15) is 5.10 Å². The molecule has 1 atom stereocenters. The first kappa shape index (κ1) is 13.5. The fourth-order valence-electron chi connectivity index (χ4n) is 2.23. The van der Waals surface area contributed by atoms with Crippen LogP contribution in [0.25, 0.3) is 5.69 Å². The van der Waals surface area contributed by atoms with Crippen LogP contribution >= 0.6 is 0 Å². The highest BCUT2D eigenvalue weighted by molar-refractivity contribution is 5.33. The van der Waals surface area contributed by atoms with Crippen LogP contribution in [0.4, 0.5) is 0 Å². The highest BCUT2D eigenvalue weighted by Crippen LogP contribution is 2.11. The van der Waals surface area contributed by atoms with Crippen molar-refractivity contribution >= 4 is 0 Å². The fourth-order valence-corrected chi connectivity index (χ4v) is 2.23. The highest BCUT2D eigenvalue weighted by Gasteiger charge is 2.10. The van der Waals surface area contributed by atoms with Gasteiger partial charge in [-0.3, -0.25) is 0 Å². The molecule has 6 heteroatoms. The van der Waals surface area contributed by atoms with E-state index in [2.05, 4.69) is 51.8 Å². The van der Waals surface area contributed by atoms with Gasteiger partial charge in [0.1, 0.15) is 12.2 Å². The van der Waals surface area contributed by atoms with Gasteiger partial charge in [0.15, 0.2) is 0 Å². The standard InChI is InChI=1S/C15H18N6/c1-12(15-19-17-11-20(15)2)16-10-13-4-6-14(7-5-13)21-9-3-8-18-21/h3-9,11-12,16H,10H2,1-2H3. The third kappa shape index (κ3) is 3.00. The van der Waals surface area contributed by atoms with E-state index in [1.54, 1.807) is 12.5 Å². The molecule has 0 spiro atoms. The van der Waals surface area contributed by atoms with E-state index >= 15 is 0 Å². The molecular formula is C15H18N6. The Morgan fingerprint density at radius 2 is 2.05 bits per heavy atom. The third-order valence-corrected chi connectivity index (χ3v) is 3.45. The second-order valence-corrected chi connectivity index (χ2v) is 5.02. The summed E-state index contributed by atoms with van der Waals surface area (Å²) in [5.41, 5.74) is 2.28. The smallest absolute Gasteiger partial charge is 0.149 e. The van der Waals surface area contributed by atoms with Gasteiger partial charge in [-0.05, 0) is 30.7 Å². The first-order valence-electron chi connectivity index (χ1n) is 6.90. The Kier molecular flexibility index (Phi) is 3.79. The second-order valence-electron chi connectivity index (χ2n) is 5.02. The molecule has 108 valence electrons. The van der Waals surface area contributed by atoms with Gasteiger partial charge in [0.2, 0.25) is 0 Å². The van der Waals surface area contributed by atoms with Crippen LogP contribution < -0.4 is 5.32 Å². The second kappa shape index (κ2) is 5.88. The molecule has 2 heterocycles. The first-order chi connectivity index (χ1) is 10.2. The van der Waals surface area contributed by atoms with Crippen molar-refractivity contribution in [1.82, 2.24) is 29.9 Å². The molecule has 1 aromatic carbocycles. The average Bonchev–Trinajstić information content (AvgIpc) is 3.16. The van der Waals surface area contributed by atoms with E-state index in [0.29, 0.717) is 0 Å². The van der Waals surface area contributed by atoms with E-state index < -0.39 is 0 Å². The van der Waals surface area contributed by atoms with Crippen molar-refractivity contribution in [2.24, 2.45) is 7.05 Å². The summed E-state index contributed by atoms with van der Waals surface area (Å²) in [6, 6.07) is 10.4. The molecule has 0 saturated carbocycles. The minimum atomic E-state index is 0.156. The SMILES string of the molecule is CC(NCc1ccc(-n2cccn2)cc1)c1nncn1C. The maximum Gasteiger partial charge on any atom is 0.149 e. The van der Waals surface area contributed by atoms with E-state index in [1.165, 1.54) is 5.56 Å². The lowest BCUT2D eigenvalue weighted by atomic mass is 10.2. The number of hydrogen-bond donors (Lipinski definition) is 1. The molecule has 0 aliphatic rings. The number of nitrogens with zero attached hydrogens (tertiary/aromatic N) is 5. The van der Waals surface area contributed by atoms with Crippen LogP contribution in [0.2, 0.25) is 0 Å². The van der Waals surface area contributed by atoms with Gasteiger partial charge < -0.3 is 9.88 Å². The Bertz CT molecular complexity index is 683. The van der Waals surface area contributed by atoms with Gasteiger partial charge in [-0.25, -0.2) is 4.68 Å². The zero-order chi connectivity index (χ0) is 14.7. The van der Waals surface area contributed by atoms with E-state index in [9.17, 15) is 0 Å². The van der Waals surface area contributed by atoms with E-state index in [0.717, 1.165) is 18.1 Å². The maximum atomic E-state index is 4.22. The van der Waals surface area contributed by atoms with Crippen LogP contribution in [0.3, 0.4) is 0 Å². The van der Waals surface area contributed by atoms with Crippen LogP contribution in [0, 0.1) is 0 Å². The number of aromatic nitrogens is 5. The van der Waals surface area contributed by atoms with Crippen molar-refractivity contribution in [2.75, 3.05) is 0 Å². The monoisotopic (exact) mass is 282 g/mol. The van der Waals surface area contributed by atoms with E-state index in [1.807, 2.05) is 28.6 Å². The summed E-state index contributed by atoms with van der Waals surface area (Å²) in [6.45, 7) is 2.87. The molecule has 0 saturated heterocycles. The summed E-state index contributed by atoms with van der Waals surface area (Å²) < 4.78 is 3.78. The van der Waals surface area contributed by atoms with Crippen molar-refractivity contribution in [3.8, 4) is 5.69 Å². The van der Waals surface area contributed by atoms with Crippen LogP contribution in [-0.2, 0) is 13.6 Å². The van der Waals surface area contributed by atoms with Gasteiger partial charge in [0.25, 0.3) is 0 Å². The lowest BCUT2D eigenvalue weighted by Crippen LogP contribution is -2.21. The molecule has 0 fully saturated rings. The molecule has 2 aromatic heterocycles. The maximum absolute atomic E-state index is 4.22. The average molecular weight is 282 g/mol. The molecule has 1 N–H and O–H groups in total. The van der Waals surface area contributed by atoms with Gasteiger partial charge in [0.05, 0.1) is 11.7 Å². The highest BCUT2D eigenvalue weighted by atomic mass is 15.3. The largest absolute Gasteiger partial charge is 0.319 e. The van der Waals surface area contributed by atoms with Crippen molar-refractivity contribution in [2.45, 2.75) is 19.5 Å². The Labute approximate surface area is 123 Å². The van der Waals surface area contributed by atoms with Gasteiger partial charge in [-0.1, -0.05) is 12.1 Å². The zero-order valence-corrected chi connectivity index (χ0v) is 12.1. The van der Waals surface area contributed by atoms with Crippen LogP contribution in [0.5, 0.6) is 0 Å². The first-order valence-corrected chi connectivity index (χ1v) is 6.90. The van der Waals surface area contributed by atoms with Crippen molar-refractivity contribution in [3.05, 3.63) is 60.4 Å². The predicted molar refractivity (Wildman–Crippen MR) is 79.8 cm³/mol. The molecule has 0 aliphatic heterocycles. The molecule has 0 bridgehead atoms. The van der Waals surface area contributed by atoms with E-state index in [-0.39, 0.29) is 6.04 Å². The Hall–Kier alpha value is -2.47. The quantitative estimate of drug-likeness (QED) is 0.776. The molecule has 0 aliphatic carbocycles. The Balaban J connectivity index is 1.62. The topological polar surface area (TPSA) is 60.6 Å². The molecule has 3 rings (SSSR count). The summed E-state index contributed by atoms with van der Waals surface area (Å²) in [7, 11) is 1.95. The lowest BCUT2D eigenvalue weighted by molar-refractivity contribution is 0.528. The number of nitrogens with one attached hydrogen (secondary N) is 1. The van der Waals surface area contributed by atoms with Gasteiger partial charge >= 0.3 is 0 Å². The minimum absolute atomic E-state index is 0.156. The molecule has 1 unspecified atom stereocenters. The molecule has 6 nitrogen and oxygen atoms in total.